The Kier molecular flexibility index (Phi) is 6.73. The summed E-state index contributed by atoms with van der Waals surface area (Å²) in [5.74, 6) is 0.00535. The van der Waals surface area contributed by atoms with Crippen LogP contribution in [0.1, 0.15) is 23.0 Å². The lowest BCUT2D eigenvalue weighted by Gasteiger charge is -2.20. The third-order valence-electron chi connectivity index (χ3n) is 4.07. The number of fused-ring (bicyclic) bond motifs is 1. The number of thiophene rings is 1. The Labute approximate surface area is 174 Å². The predicted octanol–water partition coefficient (Wildman–Crippen LogP) is 4.14. The standard InChI is InChI=1S/C19H20F3N5O2S/c1-2-8-27(9-7-23)18(28)15-10-14-16(24-11-25-17(14)30-15)26-12-3-5-13(6-4-12)29-19(20,21)22/h3-6,10-11H,2,7-9,23H2,1H3,(H,24,25,26). The molecule has 0 bridgehead atoms. The van der Waals surface area contributed by atoms with Crippen LogP contribution >= 0.6 is 11.3 Å². The molecule has 160 valence electrons. The van der Waals surface area contributed by atoms with Crippen molar-refractivity contribution in [3.8, 4) is 5.75 Å². The zero-order valence-corrected chi connectivity index (χ0v) is 16.9. The molecule has 0 radical (unpaired) electrons. The summed E-state index contributed by atoms with van der Waals surface area (Å²) in [6.07, 6.45) is -2.57. The van der Waals surface area contributed by atoms with Gasteiger partial charge in [-0.25, -0.2) is 9.97 Å². The van der Waals surface area contributed by atoms with Gasteiger partial charge in [0.05, 0.1) is 10.3 Å². The summed E-state index contributed by atoms with van der Waals surface area (Å²) in [6, 6.07) is 7.00. The van der Waals surface area contributed by atoms with E-state index in [1.165, 1.54) is 41.9 Å². The molecule has 0 fully saturated rings. The minimum Gasteiger partial charge on any atom is -0.406 e. The average Bonchev–Trinajstić information content (AvgIpc) is 3.13. The molecule has 2 aromatic heterocycles. The summed E-state index contributed by atoms with van der Waals surface area (Å²) >= 11 is 1.25. The number of ether oxygens (including phenoxy) is 1. The largest absolute Gasteiger partial charge is 0.573 e. The molecular weight excluding hydrogens is 419 g/mol. The summed E-state index contributed by atoms with van der Waals surface area (Å²) < 4.78 is 40.7. The number of carbonyl (C=O) groups excluding carboxylic acids is 1. The first-order chi connectivity index (χ1) is 14.3. The molecule has 0 aliphatic rings. The van der Waals surface area contributed by atoms with Gasteiger partial charge in [0.25, 0.3) is 5.91 Å². The molecule has 0 aliphatic carbocycles. The van der Waals surface area contributed by atoms with E-state index >= 15 is 0 Å². The Bertz CT molecular complexity index is 1000. The number of benzene rings is 1. The van der Waals surface area contributed by atoms with Crippen LogP contribution < -0.4 is 15.8 Å². The van der Waals surface area contributed by atoms with Gasteiger partial charge in [-0.05, 0) is 36.8 Å². The molecule has 2 heterocycles. The Morgan fingerprint density at radius 3 is 2.60 bits per heavy atom. The highest BCUT2D eigenvalue weighted by atomic mass is 32.1. The Balaban J connectivity index is 1.83. The molecule has 0 atom stereocenters. The van der Waals surface area contributed by atoms with Crippen molar-refractivity contribution in [3.05, 3.63) is 41.5 Å². The van der Waals surface area contributed by atoms with Gasteiger partial charge in [0.1, 0.15) is 22.7 Å². The number of rotatable bonds is 8. The van der Waals surface area contributed by atoms with Crippen LogP contribution in [-0.2, 0) is 0 Å². The highest BCUT2D eigenvalue weighted by molar-refractivity contribution is 7.20. The second-order valence-corrected chi connectivity index (χ2v) is 7.36. The Morgan fingerprint density at radius 2 is 1.97 bits per heavy atom. The number of carbonyl (C=O) groups is 1. The van der Waals surface area contributed by atoms with E-state index in [1.54, 1.807) is 11.0 Å². The van der Waals surface area contributed by atoms with Crippen molar-refractivity contribution in [1.82, 2.24) is 14.9 Å². The van der Waals surface area contributed by atoms with Crippen molar-refractivity contribution in [2.24, 2.45) is 5.73 Å². The van der Waals surface area contributed by atoms with Gasteiger partial charge in [0, 0.05) is 25.3 Å². The van der Waals surface area contributed by atoms with Gasteiger partial charge in [-0.2, -0.15) is 0 Å². The molecule has 0 saturated heterocycles. The summed E-state index contributed by atoms with van der Waals surface area (Å²) in [4.78, 5) is 24.1. The van der Waals surface area contributed by atoms with Crippen LogP contribution in [0.4, 0.5) is 24.7 Å². The first-order valence-corrected chi connectivity index (χ1v) is 9.99. The van der Waals surface area contributed by atoms with Crippen LogP contribution in [0, 0.1) is 0 Å². The van der Waals surface area contributed by atoms with E-state index in [9.17, 15) is 18.0 Å². The molecule has 11 heteroatoms. The van der Waals surface area contributed by atoms with Gasteiger partial charge in [0.15, 0.2) is 0 Å². The number of hydrogen-bond acceptors (Lipinski definition) is 7. The monoisotopic (exact) mass is 439 g/mol. The number of aromatic nitrogens is 2. The summed E-state index contributed by atoms with van der Waals surface area (Å²) in [5, 5.41) is 3.69. The zero-order valence-electron chi connectivity index (χ0n) is 16.1. The number of nitrogens with one attached hydrogen (secondary N) is 1. The first-order valence-electron chi connectivity index (χ1n) is 9.17. The number of amides is 1. The molecule has 7 nitrogen and oxygen atoms in total. The van der Waals surface area contributed by atoms with Crippen LogP contribution in [0.15, 0.2) is 36.7 Å². The van der Waals surface area contributed by atoms with E-state index in [0.717, 1.165) is 6.42 Å². The molecule has 3 aromatic rings. The molecule has 30 heavy (non-hydrogen) atoms. The van der Waals surface area contributed by atoms with Crippen LogP contribution in [0.3, 0.4) is 0 Å². The summed E-state index contributed by atoms with van der Waals surface area (Å²) in [7, 11) is 0. The lowest BCUT2D eigenvalue weighted by atomic mass is 10.2. The molecule has 3 N–H and O–H groups in total. The number of nitrogens with two attached hydrogens (primary N) is 1. The van der Waals surface area contributed by atoms with Crippen LogP contribution in [0.25, 0.3) is 10.2 Å². The fourth-order valence-electron chi connectivity index (χ4n) is 2.83. The van der Waals surface area contributed by atoms with E-state index in [2.05, 4.69) is 20.0 Å². The maximum absolute atomic E-state index is 12.8. The van der Waals surface area contributed by atoms with E-state index in [1.807, 2.05) is 6.92 Å². The van der Waals surface area contributed by atoms with E-state index < -0.39 is 6.36 Å². The maximum atomic E-state index is 12.8. The van der Waals surface area contributed by atoms with Crippen molar-refractivity contribution in [3.63, 3.8) is 0 Å². The fourth-order valence-corrected chi connectivity index (χ4v) is 3.80. The number of halogens is 3. The first kappa shape index (κ1) is 21.8. The van der Waals surface area contributed by atoms with E-state index in [-0.39, 0.29) is 11.7 Å². The second-order valence-electron chi connectivity index (χ2n) is 6.33. The van der Waals surface area contributed by atoms with Gasteiger partial charge in [-0.15, -0.1) is 24.5 Å². The third-order valence-corrected chi connectivity index (χ3v) is 5.10. The highest BCUT2D eigenvalue weighted by Crippen LogP contribution is 2.31. The third kappa shape index (κ3) is 5.36. The molecular formula is C19H20F3N5O2S. The molecule has 1 aromatic carbocycles. The van der Waals surface area contributed by atoms with Crippen molar-refractivity contribution in [2.45, 2.75) is 19.7 Å². The van der Waals surface area contributed by atoms with Crippen molar-refractivity contribution in [1.29, 1.82) is 0 Å². The average molecular weight is 439 g/mol. The van der Waals surface area contributed by atoms with Gasteiger partial charge in [-0.1, -0.05) is 6.92 Å². The Hall–Kier alpha value is -2.92. The molecule has 1 amide bonds. The highest BCUT2D eigenvalue weighted by Gasteiger charge is 2.31. The lowest BCUT2D eigenvalue weighted by Crippen LogP contribution is -2.35. The lowest BCUT2D eigenvalue weighted by molar-refractivity contribution is -0.274. The van der Waals surface area contributed by atoms with Gasteiger partial charge >= 0.3 is 6.36 Å². The minimum atomic E-state index is -4.75. The number of nitrogens with zero attached hydrogens (tertiary/aromatic N) is 3. The van der Waals surface area contributed by atoms with E-state index in [0.29, 0.717) is 46.2 Å². The van der Waals surface area contributed by atoms with Gasteiger partial charge in [0.2, 0.25) is 0 Å². The maximum Gasteiger partial charge on any atom is 0.573 e. The summed E-state index contributed by atoms with van der Waals surface area (Å²) in [5.41, 5.74) is 6.12. The van der Waals surface area contributed by atoms with Crippen molar-refractivity contribution >= 4 is 39.0 Å². The minimum absolute atomic E-state index is 0.120. The van der Waals surface area contributed by atoms with Crippen molar-refractivity contribution < 1.29 is 22.7 Å². The van der Waals surface area contributed by atoms with Gasteiger partial charge < -0.3 is 20.7 Å². The Morgan fingerprint density at radius 1 is 1.23 bits per heavy atom. The summed E-state index contributed by atoms with van der Waals surface area (Å²) in [6.45, 7) is 3.43. The zero-order chi connectivity index (χ0) is 21.7. The molecule has 0 aliphatic heterocycles. The van der Waals surface area contributed by atoms with Crippen LogP contribution in [0.5, 0.6) is 5.75 Å². The second kappa shape index (κ2) is 9.26. The molecule has 3 rings (SSSR count). The topological polar surface area (TPSA) is 93.4 Å². The van der Waals surface area contributed by atoms with Crippen LogP contribution in [-0.4, -0.2) is 46.8 Å². The number of alkyl halides is 3. The fraction of sp³-hybridized carbons (Fsp3) is 0.316. The quantitative estimate of drug-likeness (QED) is 0.548. The van der Waals surface area contributed by atoms with Gasteiger partial charge in [-0.3, -0.25) is 4.79 Å². The predicted molar refractivity (Wildman–Crippen MR) is 109 cm³/mol. The SMILES string of the molecule is CCCN(CCN)C(=O)c1cc2c(Nc3ccc(OC(F)(F)F)cc3)ncnc2s1. The molecule has 0 unspecified atom stereocenters. The van der Waals surface area contributed by atoms with Crippen molar-refractivity contribution in [2.75, 3.05) is 25.0 Å². The molecule has 0 spiro atoms. The smallest absolute Gasteiger partial charge is 0.406 e. The van der Waals surface area contributed by atoms with E-state index in [4.69, 9.17) is 5.73 Å². The normalized spacial score (nSPS) is 11.5. The number of anilines is 2. The van der Waals surface area contributed by atoms with Crippen LogP contribution in [0.2, 0.25) is 0 Å². The number of hydrogen-bond donors (Lipinski definition) is 2. The molecule has 0 saturated carbocycles.